The first-order valence-electron chi connectivity index (χ1n) is 7.92. The van der Waals surface area contributed by atoms with Crippen molar-refractivity contribution in [3.05, 3.63) is 23.8 Å². The predicted octanol–water partition coefficient (Wildman–Crippen LogP) is 4.20. The van der Waals surface area contributed by atoms with E-state index < -0.39 is 0 Å². The van der Waals surface area contributed by atoms with Crippen LogP contribution in [0.3, 0.4) is 0 Å². The van der Waals surface area contributed by atoms with Gasteiger partial charge in [0, 0.05) is 23.8 Å². The monoisotopic (exact) mass is 274 g/mol. The third-order valence-corrected chi connectivity index (χ3v) is 4.00. The van der Waals surface area contributed by atoms with E-state index >= 15 is 0 Å². The van der Waals surface area contributed by atoms with E-state index in [1.54, 1.807) is 0 Å². The van der Waals surface area contributed by atoms with Crippen LogP contribution in [0.15, 0.2) is 18.2 Å². The van der Waals surface area contributed by atoms with Gasteiger partial charge in [-0.25, -0.2) is 0 Å². The topological polar surface area (TPSA) is 41.1 Å². The summed E-state index contributed by atoms with van der Waals surface area (Å²) in [6.07, 6.45) is 6.26. The Morgan fingerprint density at radius 3 is 2.75 bits per heavy atom. The number of nitrogens with one attached hydrogen (secondary N) is 2. The van der Waals surface area contributed by atoms with Gasteiger partial charge in [0.15, 0.2) is 0 Å². The minimum Gasteiger partial charge on any atom is -0.385 e. The van der Waals surface area contributed by atoms with Gasteiger partial charge in [0.2, 0.25) is 5.91 Å². The zero-order chi connectivity index (χ0) is 14.4. The van der Waals surface area contributed by atoms with E-state index in [1.165, 1.54) is 11.3 Å². The number of carbonyl (C=O) groups excluding carboxylic acids is 1. The molecule has 3 nitrogen and oxygen atoms in total. The largest absolute Gasteiger partial charge is 0.385 e. The van der Waals surface area contributed by atoms with Crippen molar-refractivity contribution in [2.45, 2.75) is 52.4 Å². The lowest BCUT2D eigenvalue weighted by Gasteiger charge is -2.22. The van der Waals surface area contributed by atoms with Crippen molar-refractivity contribution in [1.82, 2.24) is 0 Å². The van der Waals surface area contributed by atoms with E-state index in [-0.39, 0.29) is 11.8 Å². The zero-order valence-electron chi connectivity index (χ0n) is 12.7. The highest BCUT2D eigenvalue weighted by atomic mass is 16.1. The van der Waals surface area contributed by atoms with Crippen molar-refractivity contribution in [3.63, 3.8) is 0 Å². The molecule has 0 spiro atoms. The van der Waals surface area contributed by atoms with Crippen LogP contribution in [0.1, 0.15) is 51.5 Å². The van der Waals surface area contributed by atoms with Crippen LogP contribution in [0.25, 0.3) is 0 Å². The van der Waals surface area contributed by atoms with Gasteiger partial charge in [-0.05, 0) is 43.4 Å². The molecule has 1 aliphatic heterocycles. The second kappa shape index (κ2) is 7.32. The molecule has 0 saturated heterocycles. The van der Waals surface area contributed by atoms with Gasteiger partial charge in [0.1, 0.15) is 0 Å². The van der Waals surface area contributed by atoms with E-state index in [4.69, 9.17) is 0 Å². The van der Waals surface area contributed by atoms with Crippen molar-refractivity contribution in [3.8, 4) is 0 Å². The Morgan fingerprint density at radius 1 is 1.30 bits per heavy atom. The van der Waals surface area contributed by atoms with Crippen molar-refractivity contribution >= 4 is 17.3 Å². The molecule has 110 valence electrons. The Hall–Kier alpha value is -1.51. The van der Waals surface area contributed by atoms with Crippen molar-refractivity contribution in [2.75, 3.05) is 17.2 Å². The molecule has 0 bridgehead atoms. The van der Waals surface area contributed by atoms with Gasteiger partial charge in [0.25, 0.3) is 0 Å². The average Bonchev–Trinajstić information content (AvgIpc) is 2.47. The van der Waals surface area contributed by atoms with Crippen molar-refractivity contribution in [1.29, 1.82) is 0 Å². The summed E-state index contributed by atoms with van der Waals surface area (Å²) < 4.78 is 0. The molecule has 0 aliphatic carbocycles. The number of fused-ring (bicyclic) bond motifs is 1. The summed E-state index contributed by atoms with van der Waals surface area (Å²) in [6, 6.07) is 6.14. The van der Waals surface area contributed by atoms with Gasteiger partial charge in [0.05, 0.1) is 0 Å². The van der Waals surface area contributed by atoms with Gasteiger partial charge in [-0.3, -0.25) is 4.79 Å². The predicted molar refractivity (Wildman–Crippen MR) is 85.2 cm³/mol. The second-order valence-electron chi connectivity index (χ2n) is 5.63. The van der Waals surface area contributed by atoms with Crippen LogP contribution in [0.2, 0.25) is 0 Å². The normalized spacial score (nSPS) is 13.8. The van der Waals surface area contributed by atoms with E-state index in [0.717, 1.165) is 50.8 Å². The summed E-state index contributed by atoms with van der Waals surface area (Å²) in [6.45, 7) is 5.31. The van der Waals surface area contributed by atoms with E-state index in [1.807, 2.05) is 12.1 Å². The Kier molecular flexibility index (Phi) is 5.45. The summed E-state index contributed by atoms with van der Waals surface area (Å²) in [4.78, 5) is 12.4. The lowest BCUT2D eigenvalue weighted by Crippen LogP contribution is -2.24. The third-order valence-electron chi connectivity index (χ3n) is 4.00. The lowest BCUT2D eigenvalue weighted by molar-refractivity contribution is -0.120. The molecular formula is C17H26N2O. The molecule has 0 saturated carbocycles. The molecule has 2 rings (SSSR count). The summed E-state index contributed by atoms with van der Waals surface area (Å²) in [5.41, 5.74) is 3.44. The molecule has 1 aliphatic rings. The van der Waals surface area contributed by atoms with Gasteiger partial charge in [-0.1, -0.05) is 32.8 Å². The Bertz CT molecular complexity index is 450. The number of benzene rings is 1. The fourth-order valence-electron chi connectivity index (χ4n) is 2.97. The SMILES string of the molecule is CCCC(CCC)C(=O)Nc1cccc2c1CCCN2. The zero-order valence-corrected chi connectivity index (χ0v) is 12.7. The average molecular weight is 274 g/mol. The number of hydrogen-bond acceptors (Lipinski definition) is 2. The number of anilines is 2. The highest BCUT2D eigenvalue weighted by Gasteiger charge is 2.19. The van der Waals surface area contributed by atoms with Crippen LogP contribution in [0.4, 0.5) is 11.4 Å². The minimum atomic E-state index is 0.150. The maximum atomic E-state index is 12.4. The highest BCUT2D eigenvalue weighted by molar-refractivity contribution is 5.94. The van der Waals surface area contributed by atoms with Gasteiger partial charge in [-0.2, -0.15) is 0 Å². The lowest BCUT2D eigenvalue weighted by atomic mass is 9.96. The Labute approximate surface area is 122 Å². The molecule has 0 radical (unpaired) electrons. The summed E-state index contributed by atoms with van der Waals surface area (Å²) in [5.74, 6) is 0.338. The minimum absolute atomic E-state index is 0.150. The number of carbonyl (C=O) groups is 1. The Balaban J connectivity index is 2.10. The van der Waals surface area contributed by atoms with Crippen LogP contribution in [-0.4, -0.2) is 12.5 Å². The molecule has 1 aromatic rings. The Morgan fingerprint density at radius 2 is 2.05 bits per heavy atom. The molecule has 3 heteroatoms. The maximum Gasteiger partial charge on any atom is 0.227 e. The van der Waals surface area contributed by atoms with E-state index in [9.17, 15) is 4.79 Å². The number of amides is 1. The quantitative estimate of drug-likeness (QED) is 0.816. The van der Waals surface area contributed by atoms with Gasteiger partial charge in [-0.15, -0.1) is 0 Å². The standard InChI is InChI=1S/C17H26N2O/c1-3-7-13(8-4-2)17(20)19-16-11-5-10-15-14(16)9-6-12-18-15/h5,10-11,13,18H,3-4,6-9,12H2,1-2H3,(H,19,20). The number of hydrogen-bond donors (Lipinski definition) is 2. The smallest absolute Gasteiger partial charge is 0.227 e. The first-order valence-corrected chi connectivity index (χ1v) is 7.92. The molecule has 2 N–H and O–H groups in total. The first-order chi connectivity index (χ1) is 9.76. The molecule has 20 heavy (non-hydrogen) atoms. The van der Waals surface area contributed by atoms with Crippen LogP contribution in [0, 0.1) is 5.92 Å². The van der Waals surface area contributed by atoms with Crippen LogP contribution >= 0.6 is 0 Å². The number of rotatable bonds is 6. The van der Waals surface area contributed by atoms with Gasteiger partial charge >= 0.3 is 0 Å². The first kappa shape index (κ1) is 14.9. The molecule has 1 heterocycles. The van der Waals surface area contributed by atoms with E-state index in [2.05, 4.69) is 30.5 Å². The molecule has 0 unspecified atom stereocenters. The van der Waals surface area contributed by atoms with Crippen LogP contribution in [-0.2, 0) is 11.2 Å². The maximum absolute atomic E-state index is 12.4. The summed E-state index contributed by atoms with van der Waals surface area (Å²) in [5, 5.41) is 6.57. The molecule has 0 atom stereocenters. The van der Waals surface area contributed by atoms with Crippen LogP contribution in [0.5, 0.6) is 0 Å². The molecule has 1 aromatic carbocycles. The van der Waals surface area contributed by atoms with Crippen LogP contribution < -0.4 is 10.6 Å². The van der Waals surface area contributed by atoms with Crippen molar-refractivity contribution in [2.24, 2.45) is 5.92 Å². The molecular weight excluding hydrogens is 248 g/mol. The molecule has 0 aromatic heterocycles. The fourth-order valence-corrected chi connectivity index (χ4v) is 2.97. The summed E-state index contributed by atoms with van der Waals surface area (Å²) >= 11 is 0. The second-order valence-corrected chi connectivity index (χ2v) is 5.63. The third kappa shape index (κ3) is 3.53. The fraction of sp³-hybridized carbons (Fsp3) is 0.588. The summed E-state index contributed by atoms with van der Waals surface area (Å²) in [7, 11) is 0. The van der Waals surface area contributed by atoms with E-state index in [0.29, 0.717) is 0 Å². The van der Waals surface area contributed by atoms with Crippen molar-refractivity contribution < 1.29 is 4.79 Å². The highest BCUT2D eigenvalue weighted by Crippen LogP contribution is 2.29. The van der Waals surface area contributed by atoms with Gasteiger partial charge < -0.3 is 10.6 Å². The molecule has 1 amide bonds. The molecule has 0 fully saturated rings.